The van der Waals surface area contributed by atoms with Crippen LogP contribution in [0.15, 0.2) is 0 Å². The van der Waals surface area contributed by atoms with Gasteiger partial charge in [0, 0.05) is 36.3 Å². The molecule has 0 aliphatic rings. The van der Waals surface area contributed by atoms with E-state index in [1.165, 1.54) is 0 Å². The van der Waals surface area contributed by atoms with E-state index in [-0.39, 0.29) is 28.4 Å². The number of rotatable bonds is 13. The second-order valence-corrected chi connectivity index (χ2v) is 11.4. The summed E-state index contributed by atoms with van der Waals surface area (Å²) in [5.74, 6) is 2.77. The molecule has 0 bridgehead atoms. The van der Waals surface area contributed by atoms with Gasteiger partial charge in [-0.1, -0.05) is 34.6 Å². The number of hydrogen-bond acceptors (Lipinski definition) is 4. The Morgan fingerprint density at radius 3 is 2.14 bits per heavy atom. The first-order chi connectivity index (χ1) is 12.6. The van der Waals surface area contributed by atoms with Gasteiger partial charge in [-0.3, -0.25) is 9.59 Å². The van der Waals surface area contributed by atoms with Crippen LogP contribution in [0.3, 0.4) is 0 Å². The van der Waals surface area contributed by atoms with Gasteiger partial charge >= 0.3 is 0 Å². The maximum atomic E-state index is 12.1. The number of hydrogen-bond donors (Lipinski definition) is 2. The zero-order valence-corrected chi connectivity index (χ0v) is 20.5. The van der Waals surface area contributed by atoms with Crippen LogP contribution < -0.4 is 10.6 Å². The average molecular weight is 417 g/mol. The lowest BCUT2D eigenvalue weighted by Crippen LogP contribution is -2.45. The molecule has 0 unspecified atom stereocenters. The predicted octanol–water partition coefficient (Wildman–Crippen LogP) is 4.40. The highest BCUT2D eigenvalue weighted by Gasteiger charge is 2.25. The number of ether oxygens (including phenoxy) is 1. The molecule has 0 heterocycles. The topological polar surface area (TPSA) is 67.4 Å². The lowest BCUT2D eigenvalue weighted by molar-refractivity contribution is -0.128. The maximum absolute atomic E-state index is 12.1. The van der Waals surface area contributed by atoms with Gasteiger partial charge in [-0.25, -0.2) is 0 Å². The van der Waals surface area contributed by atoms with Crippen molar-refractivity contribution in [3.63, 3.8) is 0 Å². The van der Waals surface area contributed by atoms with Crippen molar-refractivity contribution < 1.29 is 14.3 Å². The summed E-state index contributed by atoms with van der Waals surface area (Å²) >= 11 is 1.83. The number of amides is 2. The fourth-order valence-electron chi connectivity index (χ4n) is 2.38. The summed E-state index contributed by atoms with van der Waals surface area (Å²) < 4.78 is 6.03. The first kappa shape index (κ1) is 27.2. The molecule has 0 aromatic rings. The molecule has 0 rings (SSSR count). The smallest absolute Gasteiger partial charge is 0.225 e. The summed E-state index contributed by atoms with van der Waals surface area (Å²) in [5.41, 5.74) is -0.990. The number of carbonyl (C=O) groups excluding carboxylic acids is 2. The van der Waals surface area contributed by atoms with Crippen LogP contribution in [0, 0.1) is 11.3 Å². The Hall–Kier alpha value is -0.750. The summed E-state index contributed by atoms with van der Waals surface area (Å²) in [5, 5.41) is 6.08. The van der Waals surface area contributed by atoms with Crippen LogP contribution in [0.2, 0.25) is 0 Å². The zero-order valence-electron chi connectivity index (χ0n) is 19.7. The Balaban J connectivity index is 4.12. The molecule has 0 radical (unpaired) electrons. The van der Waals surface area contributed by atoms with Gasteiger partial charge in [0.25, 0.3) is 0 Å². The van der Waals surface area contributed by atoms with Crippen molar-refractivity contribution in [2.75, 3.05) is 24.7 Å². The second kappa shape index (κ2) is 12.1. The van der Waals surface area contributed by atoms with Crippen LogP contribution in [0.25, 0.3) is 0 Å². The Morgan fingerprint density at radius 2 is 1.61 bits per heavy atom. The minimum atomic E-state index is -0.374. The number of nitrogens with one attached hydrogen (secondary N) is 2. The van der Waals surface area contributed by atoms with E-state index in [2.05, 4.69) is 24.5 Å². The Morgan fingerprint density at radius 1 is 1.00 bits per heavy atom. The summed E-state index contributed by atoms with van der Waals surface area (Å²) in [6.07, 6.45) is 2.05. The molecular weight excluding hydrogens is 372 g/mol. The molecule has 0 fully saturated rings. The monoisotopic (exact) mass is 416 g/mol. The minimum absolute atomic E-state index is 0.0544. The molecule has 166 valence electrons. The average Bonchev–Trinajstić information content (AvgIpc) is 2.49. The molecule has 0 saturated carbocycles. The summed E-state index contributed by atoms with van der Waals surface area (Å²) in [4.78, 5) is 24.1. The van der Waals surface area contributed by atoms with Gasteiger partial charge in [0.15, 0.2) is 0 Å². The van der Waals surface area contributed by atoms with Crippen LogP contribution >= 0.6 is 11.8 Å². The predicted molar refractivity (Wildman–Crippen MR) is 121 cm³/mol. The van der Waals surface area contributed by atoms with Crippen molar-refractivity contribution in [1.29, 1.82) is 0 Å². The van der Waals surface area contributed by atoms with Crippen LogP contribution in [-0.4, -0.2) is 47.6 Å². The molecule has 2 amide bonds. The van der Waals surface area contributed by atoms with Crippen molar-refractivity contribution in [2.45, 2.75) is 92.7 Å². The van der Waals surface area contributed by atoms with E-state index >= 15 is 0 Å². The van der Waals surface area contributed by atoms with Crippen molar-refractivity contribution in [3.05, 3.63) is 0 Å². The first-order valence-electron chi connectivity index (χ1n) is 10.5. The summed E-state index contributed by atoms with van der Waals surface area (Å²) in [6.45, 7) is 19.4. The van der Waals surface area contributed by atoms with Gasteiger partial charge in [-0.05, 0) is 52.2 Å². The molecule has 0 aromatic carbocycles. The Kier molecular flexibility index (Phi) is 11.7. The third-order valence-electron chi connectivity index (χ3n) is 4.32. The molecule has 28 heavy (non-hydrogen) atoms. The maximum Gasteiger partial charge on any atom is 0.225 e. The minimum Gasteiger partial charge on any atom is -0.375 e. The number of carbonyl (C=O) groups is 2. The number of thioether (sulfide) groups is 1. The third kappa shape index (κ3) is 14.3. The largest absolute Gasteiger partial charge is 0.375 e. The standard InChI is InChI=1S/C22H44N2O3S/c1-17(2)16-28-15-10-18(25)24-21(6,7)12-14-27-22(8,9)11-13-23-19(26)20(3,4)5/h17H,10-16H2,1-9H3,(H,23,26)(H,24,25). The lowest BCUT2D eigenvalue weighted by atomic mass is 9.95. The van der Waals surface area contributed by atoms with Gasteiger partial charge in [0.2, 0.25) is 11.8 Å². The molecule has 0 aliphatic carbocycles. The van der Waals surface area contributed by atoms with E-state index in [1.54, 1.807) is 0 Å². The van der Waals surface area contributed by atoms with Crippen LogP contribution in [-0.2, 0) is 14.3 Å². The molecular formula is C22H44N2O3S. The van der Waals surface area contributed by atoms with Crippen molar-refractivity contribution in [3.8, 4) is 0 Å². The highest BCUT2D eigenvalue weighted by molar-refractivity contribution is 7.99. The van der Waals surface area contributed by atoms with Gasteiger partial charge in [0.05, 0.1) is 5.60 Å². The van der Waals surface area contributed by atoms with Crippen LogP contribution in [0.5, 0.6) is 0 Å². The zero-order chi connectivity index (χ0) is 22.0. The summed E-state index contributed by atoms with van der Waals surface area (Å²) in [6, 6.07) is 0. The molecule has 0 saturated heterocycles. The van der Waals surface area contributed by atoms with E-state index in [1.807, 2.05) is 60.2 Å². The van der Waals surface area contributed by atoms with Crippen molar-refractivity contribution in [2.24, 2.45) is 11.3 Å². The van der Waals surface area contributed by atoms with E-state index in [9.17, 15) is 9.59 Å². The second-order valence-electron chi connectivity index (χ2n) is 10.3. The summed E-state index contributed by atoms with van der Waals surface area (Å²) in [7, 11) is 0. The van der Waals surface area contributed by atoms with E-state index in [0.29, 0.717) is 25.5 Å². The fourth-order valence-corrected chi connectivity index (χ4v) is 3.35. The Bertz CT molecular complexity index is 483. The van der Waals surface area contributed by atoms with Gasteiger partial charge in [-0.15, -0.1) is 0 Å². The SMILES string of the molecule is CC(C)CSCCC(=O)NC(C)(C)CCOC(C)(C)CCNC(=O)C(C)(C)C. The van der Waals surface area contributed by atoms with Crippen LogP contribution in [0.4, 0.5) is 0 Å². The molecule has 0 aromatic heterocycles. The van der Waals surface area contributed by atoms with Crippen molar-refractivity contribution in [1.82, 2.24) is 10.6 Å². The van der Waals surface area contributed by atoms with E-state index < -0.39 is 0 Å². The van der Waals surface area contributed by atoms with Gasteiger partial charge in [0.1, 0.15) is 0 Å². The molecule has 0 aliphatic heterocycles. The third-order valence-corrected chi connectivity index (χ3v) is 5.71. The van der Waals surface area contributed by atoms with Crippen LogP contribution in [0.1, 0.15) is 81.6 Å². The highest BCUT2D eigenvalue weighted by atomic mass is 32.2. The molecule has 6 heteroatoms. The van der Waals surface area contributed by atoms with E-state index in [0.717, 1.165) is 24.3 Å². The lowest BCUT2D eigenvalue weighted by Gasteiger charge is -2.30. The Labute approximate surface area is 177 Å². The molecule has 0 spiro atoms. The van der Waals surface area contributed by atoms with Gasteiger partial charge in [-0.2, -0.15) is 11.8 Å². The molecule has 5 nitrogen and oxygen atoms in total. The highest BCUT2D eigenvalue weighted by Crippen LogP contribution is 2.18. The van der Waals surface area contributed by atoms with Gasteiger partial charge < -0.3 is 15.4 Å². The fraction of sp³-hybridized carbons (Fsp3) is 0.909. The quantitative estimate of drug-likeness (QED) is 0.437. The molecule has 2 N–H and O–H groups in total. The first-order valence-corrected chi connectivity index (χ1v) is 11.6. The van der Waals surface area contributed by atoms with Crippen molar-refractivity contribution >= 4 is 23.6 Å². The van der Waals surface area contributed by atoms with E-state index in [4.69, 9.17) is 4.74 Å². The normalized spacial score (nSPS) is 12.9. The molecule has 0 atom stereocenters.